The van der Waals surface area contributed by atoms with E-state index in [1.165, 1.54) is 5.69 Å². The average molecular weight is 370 g/mol. The number of hydrogen-bond donors (Lipinski definition) is 2. The number of nitrogens with two attached hydrogens (primary N) is 1. The molecule has 3 N–H and O–H groups in total. The van der Waals surface area contributed by atoms with Gasteiger partial charge in [0.2, 0.25) is 11.6 Å². The number of primary amides is 1. The summed E-state index contributed by atoms with van der Waals surface area (Å²) in [6, 6.07) is 13.5. The average Bonchev–Trinajstić information content (AvgIpc) is 3.28. The number of fused-ring (bicyclic) bond motifs is 2. The number of aryl methyl sites for hydroxylation is 2. The van der Waals surface area contributed by atoms with E-state index < -0.39 is 5.91 Å². The van der Waals surface area contributed by atoms with Gasteiger partial charge in [-0.1, -0.05) is 6.07 Å². The second-order valence-corrected chi connectivity index (χ2v) is 7.18. The van der Waals surface area contributed by atoms with Crippen molar-refractivity contribution in [3.63, 3.8) is 0 Å². The highest BCUT2D eigenvalue weighted by Gasteiger charge is 2.32. The first-order valence-corrected chi connectivity index (χ1v) is 9.39. The number of aromatic amines is 1. The molecule has 0 atom stereocenters. The van der Waals surface area contributed by atoms with Crippen molar-refractivity contribution in [3.05, 3.63) is 65.6 Å². The zero-order valence-electron chi connectivity index (χ0n) is 15.6. The Kier molecular flexibility index (Phi) is 3.72. The molecule has 5 rings (SSSR count). The van der Waals surface area contributed by atoms with Crippen molar-refractivity contribution >= 4 is 16.8 Å². The summed E-state index contributed by atoms with van der Waals surface area (Å²) >= 11 is 0. The van der Waals surface area contributed by atoms with E-state index in [9.17, 15) is 4.79 Å². The molecule has 0 aliphatic carbocycles. The molecular weight excluding hydrogens is 350 g/mol. The molecule has 0 fully saturated rings. The standard InChI is InChI=1S/C22H19N5O/c1-13-4-2-5-18(25-13)21-20(19-6-3-11-27(19)26-21)15-9-10-24-17-8-7-14(22(23)28)12-16(15)17/h2,4-5,7-10,12H,3,6,11H2,1H3,(H2,23,28)/p+1. The number of hydrogen-bond acceptors (Lipinski definition) is 3. The van der Waals surface area contributed by atoms with E-state index in [1.807, 2.05) is 49.5 Å². The summed E-state index contributed by atoms with van der Waals surface area (Å²) in [4.78, 5) is 20.9. The van der Waals surface area contributed by atoms with Gasteiger partial charge in [0.1, 0.15) is 5.69 Å². The summed E-state index contributed by atoms with van der Waals surface area (Å²) in [5.74, 6) is -0.439. The van der Waals surface area contributed by atoms with Crippen LogP contribution in [0.2, 0.25) is 0 Å². The van der Waals surface area contributed by atoms with Crippen LogP contribution in [-0.4, -0.2) is 21.0 Å². The first-order chi connectivity index (χ1) is 13.6. The minimum Gasteiger partial charge on any atom is -0.366 e. The quantitative estimate of drug-likeness (QED) is 0.544. The van der Waals surface area contributed by atoms with Gasteiger partial charge < -0.3 is 5.73 Å². The summed E-state index contributed by atoms with van der Waals surface area (Å²) in [5, 5.41) is 4.47. The number of amides is 1. The molecule has 0 saturated heterocycles. The van der Waals surface area contributed by atoms with Gasteiger partial charge in [0.05, 0.1) is 16.8 Å². The SMILES string of the molecule is Cc1cccc(-c2[nH][n+]3c(c2-c2ccnc4ccc(C(N)=O)cc24)CCC3)n1. The fourth-order valence-corrected chi connectivity index (χ4v) is 4.07. The van der Waals surface area contributed by atoms with Crippen molar-refractivity contribution in [2.24, 2.45) is 5.73 Å². The summed E-state index contributed by atoms with van der Waals surface area (Å²) in [6.07, 6.45) is 3.92. The second-order valence-electron chi connectivity index (χ2n) is 7.18. The molecule has 4 aromatic rings. The number of nitrogens with zero attached hydrogens (tertiary/aromatic N) is 3. The van der Waals surface area contributed by atoms with Crippen LogP contribution in [-0.2, 0) is 13.0 Å². The lowest BCUT2D eigenvalue weighted by molar-refractivity contribution is -0.743. The van der Waals surface area contributed by atoms with Gasteiger partial charge >= 0.3 is 0 Å². The molecule has 0 unspecified atom stereocenters. The number of benzene rings is 1. The topological polar surface area (TPSA) is 88.5 Å². The van der Waals surface area contributed by atoms with Crippen LogP contribution in [0.15, 0.2) is 48.7 Å². The summed E-state index contributed by atoms with van der Waals surface area (Å²) in [6.45, 7) is 2.96. The van der Waals surface area contributed by atoms with Gasteiger partial charge in [-0.2, -0.15) is 5.10 Å². The number of carbonyl (C=O) groups excluding carboxylic acids is 1. The fourth-order valence-electron chi connectivity index (χ4n) is 4.07. The highest BCUT2D eigenvalue weighted by atomic mass is 16.1. The predicted octanol–water partition coefficient (Wildman–Crippen LogP) is 2.93. The van der Waals surface area contributed by atoms with Crippen molar-refractivity contribution in [2.45, 2.75) is 26.3 Å². The van der Waals surface area contributed by atoms with Gasteiger partial charge in [-0.05, 0) is 43.3 Å². The van der Waals surface area contributed by atoms with Crippen LogP contribution in [0.25, 0.3) is 33.4 Å². The summed E-state index contributed by atoms with van der Waals surface area (Å²) in [5.41, 5.74) is 13.1. The van der Waals surface area contributed by atoms with Crippen LogP contribution in [0.1, 0.15) is 28.2 Å². The predicted molar refractivity (Wildman–Crippen MR) is 107 cm³/mol. The lowest BCUT2D eigenvalue weighted by Gasteiger charge is -2.08. The normalized spacial score (nSPS) is 13.0. The largest absolute Gasteiger partial charge is 0.366 e. The van der Waals surface area contributed by atoms with Crippen molar-refractivity contribution in [1.29, 1.82) is 0 Å². The number of nitrogens with one attached hydrogen (secondary N) is 1. The summed E-state index contributed by atoms with van der Waals surface area (Å²) in [7, 11) is 0. The lowest BCUT2D eigenvalue weighted by Crippen LogP contribution is -2.34. The molecule has 6 nitrogen and oxygen atoms in total. The molecule has 0 radical (unpaired) electrons. The molecule has 1 amide bonds. The van der Waals surface area contributed by atoms with Crippen molar-refractivity contribution < 1.29 is 9.48 Å². The van der Waals surface area contributed by atoms with E-state index in [2.05, 4.69) is 14.8 Å². The van der Waals surface area contributed by atoms with E-state index in [0.717, 1.165) is 58.5 Å². The van der Waals surface area contributed by atoms with Crippen molar-refractivity contribution in [2.75, 3.05) is 0 Å². The van der Waals surface area contributed by atoms with E-state index in [-0.39, 0.29) is 0 Å². The number of rotatable bonds is 3. The van der Waals surface area contributed by atoms with Crippen molar-refractivity contribution in [1.82, 2.24) is 15.1 Å². The van der Waals surface area contributed by atoms with E-state index >= 15 is 0 Å². The third-order valence-electron chi connectivity index (χ3n) is 5.35. The van der Waals surface area contributed by atoms with Crippen LogP contribution in [0.4, 0.5) is 0 Å². The molecule has 0 saturated carbocycles. The maximum Gasteiger partial charge on any atom is 0.248 e. The molecular formula is C22H20N5O+. The Morgan fingerprint density at radius 3 is 2.93 bits per heavy atom. The third kappa shape index (κ3) is 2.57. The maximum atomic E-state index is 11.7. The van der Waals surface area contributed by atoms with Gasteiger partial charge in [-0.15, -0.1) is 4.68 Å². The second kappa shape index (κ2) is 6.27. The zero-order valence-corrected chi connectivity index (χ0v) is 15.6. The molecule has 3 aromatic heterocycles. The Morgan fingerprint density at radius 1 is 1.21 bits per heavy atom. The summed E-state index contributed by atoms with van der Waals surface area (Å²) < 4.78 is 2.21. The molecule has 1 aliphatic rings. The number of H-pyrrole nitrogens is 1. The molecule has 1 aromatic carbocycles. The van der Waals surface area contributed by atoms with Gasteiger partial charge in [-0.25, -0.2) is 0 Å². The third-order valence-corrected chi connectivity index (χ3v) is 5.35. The molecule has 1 aliphatic heterocycles. The minimum absolute atomic E-state index is 0.439. The Labute approximate surface area is 162 Å². The maximum absolute atomic E-state index is 11.7. The molecule has 0 spiro atoms. The molecule has 6 heteroatoms. The number of carbonyl (C=O) groups is 1. The number of pyridine rings is 2. The Hall–Kier alpha value is -3.54. The van der Waals surface area contributed by atoms with E-state index in [0.29, 0.717) is 5.56 Å². The Morgan fingerprint density at radius 2 is 2.11 bits per heavy atom. The van der Waals surface area contributed by atoms with Crippen LogP contribution >= 0.6 is 0 Å². The first kappa shape index (κ1) is 16.6. The minimum atomic E-state index is -0.439. The van der Waals surface area contributed by atoms with E-state index in [4.69, 9.17) is 10.7 Å². The number of aromatic nitrogens is 4. The smallest absolute Gasteiger partial charge is 0.248 e. The van der Waals surface area contributed by atoms with E-state index in [1.54, 1.807) is 6.07 Å². The Balaban J connectivity index is 1.83. The molecule has 138 valence electrons. The fraction of sp³-hybridized carbons (Fsp3) is 0.182. The van der Waals surface area contributed by atoms with Crippen LogP contribution in [0.3, 0.4) is 0 Å². The highest BCUT2D eigenvalue weighted by molar-refractivity contribution is 6.03. The highest BCUT2D eigenvalue weighted by Crippen LogP contribution is 2.37. The van der Waals surface area contributed by atoms with Gasteiger partial charge in [0.15, 0.2) is 6.54 Å². The molecule has 0 bridgehead atoms. The van der Waals surface area contributed by atoms with Crippen LogP contribution in [0, 0.1) is 6.92 Å². The lowest BCUT2D eigenvalue weighted by atomic mass is 9.95. The van der Waals surface area contributed by atoms with Crippen LogP contribution < -0.4 is 10.4 Å². The zero-order chi connectivity index (χ0) is 19.3. The molecule has 28 heavy (non-hydrogen) atoms. The Bertz CT molecular complexity index is 1240. The van der Waals surface area contributed by atoms with Crippen LogP contribution in [0.5, 0.6) is 0 Å². The molecule has 4 heterocycles. The van der Waals surface area contributed by atoms with Gasteiger partial charge in [-0.3, -0.25) is 14.8 Å². The van der Waals surface area contributed by atoms with Crippen molar-refractivity contribution in [3.8, 4) is 22.5 Å². The monoisotopic (exact) mass is 370 g/mol. The van der Waals surface area contributed by atoms with Gasteiger partial charge in [0, 0.05) is 41.2 Å². The first-order valence-electron chi connectivity index (χ1n) is 9.39. The van der Waals surface area contributed by atoms with Gasteiger partial charge in [0.25, 0.3) is 0 Å².